The molecule has 0 unspecified atom stereocenters. The topological polar surface area (TPSA) is 72.2 Å². The van der Waals surface area contributed by atoms with Gasteiger partial charge in [-0.2, -0.15) is 13.2 Å². The van der Waals surface area contributed by atoms with Crippen molar-refractivity contribution in [1.29, 1.82) is 0 Å². The van der Waals surface area contributed by atoms with E-state index in [4.69, 9.17) is 28.9 Å². The molecule has 0 radical (unpaired) electrons. The lowest BCUT2D eigenvalue weighted by atomic mass is 10.0. The lowest BCUT2D eigenvalue weighted by molar-refractivity contribution is -0.137. The number of rotatable bonds is 5. The molecule has 0 aliphatic carbocycles. The molecule has 138 valence electrons. The van der Waals surface area contributed by atoms with Gasteiger partial charge in [-0.1, -0.05) is 41.4 Å². The van der Waals surface area contributed by atoms with Crippen LogP contribution in [0.4, 0.5) is 13.2 Å². The van der Waals surface area contributed by atoms with Gasteiger partial charge in [-0.25, -0.2) is 0 Å². The van der Waals surface area contributed by atoms with E-state index in [-0.39, 0.29) is 11.4 Å². The average Bonchev–Trinajstić information content (AvgIpc) is 2.55. The highest BCUT2D eigenvalue weighted by Gasteiger charge is 2.35. The van der Waals surface area contributed by atoms with E-state index in [0.29, 0.717) is 10.6 Å². The van der Waals surface area contributed by atoms with Gasteiger partial charge in [0.1, 0.15) is 6.04 Å². The molecule has 0 aliphatic heterocycles. The summed E-state index contributed by atoms with van der Waals surface area (Å²) in [5.41, 5.74) is 4.02. The molecule has 9 heteroatoms. The normalized spacial score (nSPS) is 12.5. The second-order valence-electron chi connectivity index (χ2n) is 5.41. The Morgan fingerprint density at radius 3 is 2.35 bits per heavy atom. The summed E-state index contributed by atoms with van der Waals surface area (Å²) in [7, 11) is 0. The molecule has 0 spiro atoms. The molecule has 0 fully saturated rings. The minimum atomic E-state index is -4.71. The van der Waals surface area contributed by atoms with Gasteiger partial charge in [-0.15, -0.1) is 0 Å². The first-order chi connectivity index (χ1) is 12.1. The Hall–Kier alpha value is -2.25. The van der Waals surface area contributed by atoms with E-state index < -0.39 is 35.2 Å². The van der Waals surface area contributed by atoms with E-state index in [2.05, 4.69) is 5.32 Å². The van der Waals surface area contributed by atoms with Crippen molar-refractivity contribution in [1.82, 2.24) is 5.32 Å². The number of carbonyl (C=O) groups excluding carboxylic acids is 2. The Kier molecular flexibility index (Phi) is 6.15. The molecule has 4 nitrogen and oxygen atoms in total. The lowest BCUT2D eigenvalue weighted by Crippen LogP contribution is -2.46. The maximum absolute atomic E-state index is 13.0. The Morgan fingerprint density at radius 2 is 1.77 bits per heavy atom. The second-order valence-corrected chi connectivity index (χ2v) is 6.26. The molecule has 2 aromatic carbocycles. The van der Waals surface area contributed by atoms with Crippen LogP contribution in [0.2, 0.25) is 10.0 Å². The molecule has 3 N–H and O–H groups in total. The molecule has 2 rings (SSSR count). The molecule has 0 aromatic heterocycles. The molecule has 0 bridgehead atoms. The first-order valence-electron chi connectivity index (χ1n) is 7.30. The van der Waals surface area contributed by atoms with Gasteiger partial charge < -0.3 is 11.1 Å². The molecule has 2 amide bonds. The maximum Gasteiger partial charge on any atom is 0.417 e. The number of benzene rings is 2. The monoisotopic (exact) mass is 404 g/mol. The summed E-state index contributed by atoms with van der Waals surface area (Å²) >= 11 is 11.8. The number of alkyl halides is 3. The van der Waals surface area contributed by atoms with E-state index in [1.807, 2.05) is 0 Å². The highest BCUT2D eigenvalue weighted by atomic mass is 35.5. The standard InChI is InChI=1S/C17H13Cl2F3N2O2/c18-10-6-5-9(13(19)8-10)7-14(15(23)25)24-16(26)11-3-1-2-4-12(11)17(20,21)22/h1-6,8,14H,7H2,(H2,23,25)(H,24,26)/t14-/m0/s1. The van der Waals surface area contributed by atoms with Crippen LogP contribution < -0.4 is 11.1 Å². The molecular formula is C17H13Cl2F3N2O2. The first kappa shape index (κ1) is 20.1. The molecule has 0 saturated heterocycles. The fraction of sp³-hybridized carbons (Fsp3) is 0.176. The molecule has 1 atom stereocenters. The molecular weight excluding hydrogens is 392 g/mol. The van der Waals surface area contributed by atoms with Gasteiger partial charge in [0.15, 0.2) is 0 Å². The highest BCUT2D eigenvalue weighted by molar-refractivity contribution is 6.35. The van der Waals surface area contributed by atoms with Crippen molar-refractivity contribution in [3.05, 3.63) is 69.2 Å². The van der Waals surface area contributed by atoms with Crippen LogP contribution in [0.3, 0.4) is 0 Å². The lowest BCUT2D eigenvalue weighted by Gasteiger charge is -2.18. The molecule has 2 aromatic rings. The van der Waals surface area contributed by atoms with Crippen LogP contribution in [0, 0.1) is 0 Å². The summed E-state index contributed by atoms with van der Waals surface area (Å²) in [5, 5.41) is 2.85. The predicted octanol–water partition coefficient (Wildman–Crippen LogP) is 3.84. The van der Waals surface area contributed by atoms with Gasteiger partial charge in [-0.05, 0) is 29.8 Å². The quantitative estimate of drug-likeness (QED) is 0.794. The summed E-state index contributed by atoms with van der Waals surface area (Å²) in [6.07, 6.45) is -4.80. The van der Waals surface area contributed by atoms with Gasteiger partial charge in [0, 0.05) is 16.5 Å². The predicted molar refractivity (Wildman–Crippen MR) is 92.1 cm³/mol. The Balaban J connectivity index is 2.26. The number of amides is 2. The van der Waals surface area contributed by atoms with Gasteiger partial charge in [0.2, 0.25) is 5.91 Å². The van der Waals surface area contributed by atoms with Crippen LogP contribution >= 0.6 is 23.2 Å². The fourth-order valence-corrected chi connectivity index (χ4v) is 2.78. The highest BCUT2D eigenvalue weighted by Crippen LogP contribution is 2.32. The molecule has 0 aliphatic rings. The summed E-state index contributed by atoms with van der Waals surface area (Å²) in [5.74, 6) is -1.97. The SMILES string of the molecule is NC(=O)[C@H](Cc1ccc(Cl)cc1Cl)NC(=O)c1ccccc1C(F)(F)F. The van der Waals surface area contributed by atoms with Crippen LogP contribution in [0.1, 0.15) is 21.5 Å². The maximum atomic E-state index is 13.0. The Labute approximate surface area is 157 Å². The molecule has 0 saturated carbocycles. The third-order valence-corrected chi connectivity index (χ3v) is 4.15. The van der Waals surface area contributed by atoms with E-state index in [1.165, 1.54) is 30.3 Å². The van der Waals surface area contributed by atoms with Gasteiger partial charge in [0.25, 0.3) is 5.91 Å². The van der Waals surface area contributed by atoms with Crippen molar-refractivity contribution < 1.29 is 22.8 Å². The van der Waals surface area contributed by atoms with Crippen LogP contribution in [-0.4, -0.2) is 17.9 Å². The summed E-state index contributed by atoms with van der Waals surface area (Å²) in [4.78, 5) is 23.9. The van der Waals surface area contributed by atoms with E-state index >= 15 is 0 Å². The number of primary amides is 1. The third kappa shape index (κ3) is 4.89. The number of nitrogens with one attached hydrogen (secondary N) is 1. The van der Waals surface area contributed by atoms with Crippen LogP contribution in [0.15, 0.2) is 42.5 Å². The number of carbonyl (C=O) groups is 2. The van der Waals surface area contributed by atoms with Gasteiger partial charge in [0.05, 0.1) is 11.1 Å². The van der Waals surface area contributed by atoms with Crippen LogP contribution in [0.5, 0.6) is 0 Å². The summed E-state index contributed by atoms with van der Waals surface area (Å²) < 4.78 is 39.1. The Bertz CT molecular complexity index is 841. The van der Waals surface area contributed by atoms with Crippen molar-refractivity contribution in [2.45, 2.75) is 18.6 Å². The third-order valence-electron chi connectivity index (χ3n) is 3.57. The molecule has 0 heterocycles. The minimum absolute atomic E-state index is 0.0920. The first-order valence-corrected chi connectivity index (χ1v) is 8.05. The van der Waals surface area contributed by atoms with Gasteiger partial charge >= 0.3 is 6.18 Å². The average molecular weight is 405 g/mol. The fourth-order valence-electron chi connectivity index (χ4n) is 2.29. The van der Waals surface area contributed by atoms with E-state index in [1.54, 1.807) is 0 Å². The summed E-state index contributed by atoms with van der Waals surface area (Å²) in [6.45, 7) is 0. The number of hydrogen-bond acceptors (Lipinski definition) is 2. The van der Waals surface area contributed by atoms with E-state index in [0.717, 1.165) is 12.1 Å². The van der Waals surface area contributed by atoms with Crippen LogP contribution in [0.25, 0.3) is 0 Å². The zero-order valence-electron chi connectivity index (χ0n) is 13.1. The second kappa shape index (κ2) is 7.97. The van der Waals surface area contributed by atoms with Crippen molar-refractivity contribution >= 4 is 35.0 Å². The number of halogens is 5. The van der Waals surface area contributed by atoms with Crippen LogP contribution in [-0.2, 0) is 17.4 Å². The van der Waals surface area contributed by atoms with Crippen molar-refractivity contribution in [2.75, 3.05) is 0 Å². The van der Waals surface area contributed by atoms with Crippen molar-refractivity contribution in [3.63, 3.8) is 0 Å². The Morgan fingerprint density at radius 1 is 1.12 bits per heavy atom. The van der Waals surface area contributed by atoms with Crippen molar-refractivity contribution in [2.24, 2.45) is 5.73 Å². The molecule has 26 heavy (non-hydrogen) atoms. The van der Waals surface area contributed by atoms with E-state index in [9.17, 15) is 22.8 Å². The zero-order chi connectivity index (χ0) is 19.5. The number of nitrogens with two attached hydrogens (primary N) is 1. The zero-order valence-corrected chi connectivity index (χ0v) is 14.6. The number of hydrogen-bond donors (Lipinski definition) is 2. The summed E-state index contributed by atoms with van der Waals surface area (Å²) in [6, 6.07) is 7.52. The van der Waals surface area contributed by atoms with Crippen molar-refractivity contribution in [3.8, 4) is 0 Å². The van der Waals surface area contributed by atoms with Gasteiger partial charge in [-0.3, -0.25) is 9.59 Å². The minimum Gasteiger partial charge on any atom is -0.368 e. The smallest absolute Gasteiger partial charge is 0.368 e. The largest absolute Gasteiger partial charge is 0.417 e.